The molecule has 14 heavy (non-hydrogen) atoms. The topological polar surface area (TPSA) is 63.3 Å². The van der Waals surface area contributed by atoms with Crippen LogP contribution < -0.4 is 5.73 Å². The molecular weight excluding hydrogens is 246 g/mol. The minimum absolute atomic E-state index is 0.0428. The Kier molecular flexibility index (Phi) is 3.85. The van der Waals surface area contributed by atoms with E-state index in [1.807, 2.05) is 12.1 Å². The number of hydrogen-bond acceptors (Lipinski definition) is 2. The van der Waals surface area contributed by atoms with Crippen LogP contribution in [0.1, 0.15) is 11.1 Å². The molecule has 0 aliphatic heterocycles. The van der Waals surface area contributed by atoms with Crippen molar-refractivity contribution in [1.29, 1.82) is 0 Å². The van der Waals surface area contributed by atoms with Gasteiger partial charge < -0.3 is 10.8 Å². The maximum Gasteiger partial charge on any atom is 0.241 e. The maximum absolute atomic E-state index is 10.5. The molecule has 1 rings (SSSR count). The molecule has 0 saturated heterocycles. The van der Waals surface area contributed by atoms with Gasteiger partial charge in [0.15, 0.2) is 0 Å². The molecule has 1 amide bonds. The quantitative estimate of drug-likeness (QED) is 0.804. The fourth-order valence-electron chi connectivity index (χ4n) is 0.998. The molecule has 3 N–H and O–H groups in total. The summed E-state index contributed by atoms with van der Waals surface area (Å²) in [5, 5.41) is 8.97. The van der Waals surface area contributed by atoms with Crippen LogP contribution in [0.5, 0.6) is 0 Å². The van der Waals surface area contributed by atoms with Crippen molar-refractivity contribution in [2.24, 2.45) is 5.73 Å². The van der Waals surface area contributed by atoms with Crippen LogP contribution in [0.4, 0.5) is 0 Å². The van der Waals surface area contributed by atoms with Gasteiger partial charge in [0.25, 0.3) is 0 Å². The molecule has 0 aliphatic carbocycles. The third-order valence-corrected chi connectivity index (χ3v) is 2.45. The van der Waals surface area contributed by atoms with Crippen LogP contribution in [-0.2, 0) is 11.4 Å². The highest BCUT2D eigenvalue weighted by molar-refractivity contribution is 9.10. The van der Waals surface area contributed by atoms with Crippen molar-refractivity contribution < 1.29 is 9.90 Å². The number of benzene rings is 1. The summed E-state index contributed by atoms with van der Waals surface area (Å²) in [6, 6.07) is 5.42. The number of aliphatic hydroxyl groups excluding tert-OH is 1. The number of amides is 1. The summed E-state index contributed by atoms with van der Waals surface area (Å²) in [7, 11) is 0. The van der Waals surface area contributed by atoms with Gasteiger partial charge in [-0.3, -0.25) is 4.79 Å². The fraction of sp³-hybridized carbons (Fsp3) is 0.100. The number of carbonyl (C=O) groups is 1. The summed E-state index contributed by atoms with van der Waals surface area (Å²) in [6.07, 6.45) is 2.89. The van der Waals surface area contributed by atoms with Crippen LogP contribution in [0.25, 0.3) is 6.08 Å². The Labute approximate surface area is 90.4 Å². The van der Waals surface area contributed by atoms with Crippen molar-refractivity contribution in [1.82, 2.24) is 0 Å². The summed E-state index contributed by atoms with van der Waals surface area (Å²) in [5.41, 5.74) is 6.56. The zero-order valence-electron chi connectivity index (χ0n) is 7.40. The molecule has 3 nitrogen and oxygen atoms in total. The van der Waals surface area contributed by atoms with Crippen LogP contribution in [0.3, 0.4) is 0 Å². The van der Waals surface area contributed by atoms with E-state index in [0.29, 0.717) is 0 Å². The highest BCUT2D eigenvalue weighted by Crippen LogP contribution is 2.18. The minimum Gasteiger partial charge on any atom is -0.392 e. The lowest BCUT2D eigenvalue weighted by atomic mass is 10.1. The second kappa shape index (κ2) is 4.93. The number of hydrogen-bond donors (Lipinski definition) is 2. The Morgan fingerprint density at radius 1 is 1.57 bits per heavy atom. The first-order valence-electron chi connectivity index (χ1n) is 4.00. The van der Waals surface area contributed by atoms with Gasteiger partial charge in [0.1, 0.15) is 0 Å². The summed E-state index contributed by atoms with van der Waals surface area (Å²) in [4.78, 5) is 10.5. The van der Waals surface area contributed by atoms with Gasteiger partial charge >= 0.3 is 0 Å². The van der Waals surface area contributed by atoms with E-state index in [4.69, 9.17) is 10.8 Å². The molecule has 0 unspecified atom stereocenters. The second-order valence-electron chi connectivity index (χ2n) is 2.74. The normalized spacial score (nSPS) is 10.7. The Morgan fingerprint density at radius 2 is 2.29 bits per heavy atom. The number of aliphatic hydroxyl groups is 1. The van der Waals surface area contributed by atoms with Crippen molar-refractivity contribution in [3.8, 4) is 0 Å². The highest BCUT2D eigenvalue weighted by Gasteiger charge is 1.98. The molecule has 0 saturated carbocycles. The number of nitrogens with two attached hydrogens (primary N) is 1. The third kappa shape index (κ3) is 2.97. The van der Waals surface area contributed by atoms with Crippen molar-refractivity contribution >= 4 is 27.9 Å². The Bertz CT molecular complexity index is 374. The average molecular weight is 256 g/mol. The Hall–Kier alpha value is -1.13. The van der Waals surface area contributed by atoms with Crippen LogP contribution in [-0.4, -0.2) is 11.0 Å². The fourth-order valence-corrected chi connectivity index (χ4v) is 1.37. The van der Waals surface area contributed by atoms with E-state index in [0.717, 1.165) is 15.6 Å². The zero-order valence-corrected chi connectivity index (χ0v) is 8.99. The van der Waals surface area contributed by atoms with E-state index in [2.05, 4.69) is 15.9 Å². The summed E-state index contributed by atoms with van der Waals surface area (Å²) >= 11 is 3.29. The lowest BCUT2D eigenvalue weighted by molar-refractivity contribution is -0.113. The smallest absolute Gasteiger partial charge is 0.241 e. The van der Waals surface area contributed by atoms with Crippen molar-refractivity contribution in [2.75, 3.05) is 0 Å². The van der Waals surface area contributed by atoms with E-state index < -0.39 is 5.91 Å². The molecule has 1 aromatic rings. The molecule has 0 fully saturated rings. The van der Waals surface area contributed by atoms with Crippen molar-refractivity contribution in [2.45, 2.75) is 6.61 Å². The first-order valence-corrected chi connectivity index (χ1v) is 4.79. The number of carbonyl (C=O) groups excluding carboxylic acids is 1. The summed E-state index contributed by atoms with van der Waals surface area (Å²) < 4.78 is 0.844. The molecule has 74 valence electrons. The average Bonchev–Trinajstić information content (AvgIpc) is 2.16. The van der Waals surface area contributed by atoms with Gasteiger partial charge in [-0.05, 0) is 29.3 Å². The van der Waals surface area contributed by atoms with Crippen molar-refractivity contribution in [3.63, 3.8) is 0 Å². The summed E-state index contributed by atoms with van der Waals surface area (Å²) in [6.45, 7) is -0.0428. The third-order valence-electron chi connectivity index (χ3n) is 1.68. The lowest BCUT2D eigenvalue weighted by Crippen LogP contribution is -2.05. The van der Waals surface area contributed by atoms with Crippen LogP contribution in [0, 0.1) is 0 Å². The lowest BCUT2D eigenvalue weighted by Gasteiger charge is -2.01. The van der Waals surface area contributed by atoms with Crippen LogP contribution in [0.2, 0.25) is 0 Å². The number of primary amides is 1. The zero-order chi connectivity index (χ0) is 10.6. The van der Waals surface area contributed by atoms with Gasteiger partial charge in [0, 0.05) is 10.5 Å². The highest BCUT2D eigenvalue weighted by atomic mass is 79.9. The first kappa shape index (κ1) is 10.9. The molecule has 0 aliphatic rings. The molecule has 0 heterocycles. The first-order chi connectivity index (χ1) is 6.63. The summed E-state index contributed by atoms with van der Waals surface area (Å²) in [5.74, 6) is -0.488. The minimum atomic E-state index is -0.488. The van der Waals surface area contributed by atoms with Gasteiger partial charge in [0.05, 0.1) is 6.61 Å². The number of halogens is 1. The predicted octanol–water partition coefficient (Wildman–Crippen LogP) is 1.44. The van der Waals surface area contributed by atoms with Gasteiger partial charge in [-0.15, -0.1) is 0 Å². The standard InChI is InChI=1S/C10H10BrNO2/c11-9-3-1-7(2-4-10(12)14)5-8(9)6-13/h1-5,13H,6H2,(H2,12,14). The molecule has 0 aromatic heterocycles. The maximum atomic E-state index is 10.5. The van der Waals surface area contributed by atoms with E-state index in [1.54, 1.807) is 12.1 Å². The van der Waals surface area contributed by atoms with Gasteiger partial charge in [-0.25, -0.2) is 0 Å². The predicted molar refractivity (Wildman–Crippen MR) is 58.3 cm³/mol. The van der Waals surface area contributed by atoms with Crippen molar-refractivity contribution in [3.05, 3.63) is 39.9 Å². The second-order valence-corrected chi connectivity index (χ2v) is 3.60. The molecule has 1 aromatic carbocycles. The van der Waals surface area contributed by atoms with E-state index >= 15 is 0 Å². The monoisotopic (exact) mass is 255 g/mol. The molecule has 0 bridgehead atoms. The Balaban J connectivity index is 2.95. The van der Waals surface area contributed by atoms with Gasteiger partial charge in [-0.2, -0.15) is 0 Å². The molecule has 0 atom stereocenters. The van der Waals surface area contributed by atoms with E-state index in [9.17, 15) is 4.79 Å². The molecular formula is C10H10BrNO2. The van der Waals surface area contributed by atoms with E-state index in [1.165, 1.54) is 6.08 Å². The largest absolute Gasteiger partial charge is 0.392 e. The molecule has 0 spiro atoms. The van der Waals surface area contributed by atoms with Gasteiger partial charge in [-0.1, -0.05) is 22.0 Å². The Morgan fingerprint density at radius 3 is 2.86 bits per heavy atom. The number of rotatable bonds is 3. The SMILES string of the molecule is NC(=O)C=Cc1ccc(Br)c(CO)c1. The molecule has 4 heteroatoms. The van der Waals surface area contributed by atoms with Crippen LogP contribution in [0.15, 0.2) is 28.7 Å². The van der Waals surface area contributed by atoms with Gasteiger partial charge in [0.2, 0.25) is 5.91 Å². The van der Waals surface area contributed by atoms with Crippen LogP contribution >= 0.6 is 15.9 Å². The van der Waals surface area contributed by atoms with E-state index in [-0.39, 0.29) is 6.61 Å². The molecule has 0 radical (unpaired) electrons.